The first kappa shape index (κ1) is 27.1. The molecule has 0 atom stereocenters. The van der Waals surface area contributed by atoms with Crippen LogP contribution in [0, 0.1) is 0 Å². The zero-order valence-corrected chi connectivity index (χ0v) is 21.4. The van der Waals surface area contributed by atoms with E-state index in [9.17, 15) is 4.79 Å². The van der Waals surface area contributed by atoms with Gasteiger partial charge in [0.1, 0.15) is 5.75 Å². The average Bonchev–Trinajstić information content (AvgIpc) is 2.82. The Morgan fingerprint density at radius 2 is 1.36 bits per heavy atom. The van der Waals surface area contributed by atoms with E-state index in [1.807, 2.05) is 22.8 Å². The van der Waals surface area contributed by atoms with Gasteiger partial charge in [0.25, 0.3) is 5.56 Å². The van der Waals surface area contributed by atoms with Crippen molar-refractivity contribution in [3.8, 4) is 17.2 Å². The van der Waals surface area contributed by atoms with Gasteiger partial charge in [-0.1, -0.05) is 78.6 Å². The highest BCUT2D eigenvalue weighted by atomic mass is 16.5. The van der Waals surface area contributed by atoms with Gasteiger partial charge in [-0.15, -0.1) is 0 Å². The van der Waals surface area contributed by atoms with Crippen molar-refractivity contribution in [1.29, 1.82) is 0 Å². The van der Waals surface area contributed by atoms with E-state index >= 15 is 0 Å². The van der Waals surface area contributed by atoms with Gasteiger partial charge in [0.05, 0.1) is 25.8 Å². The molecule has 2 aromatic rings. The molecule has 0 aliphatic heterocycles. The van der Waals surface area contributed by atoms with Crippen molar-refractivity contribution in [3.63, 3.8) is 0 Å². The van der Waals surface area contributed by atoms with Crippen LogP contribution in [0.15, 0.2) is 23.0 Å². The second kappa shape index (κ2) is 15.6. The largest absolute Gasteiger partial charge is 0.494 e. The zero-order chi connectivity index (χ0) is 23.9. The summed E-state index contributed by atoms with van der Waals surface area (Å²) in [6.45, 7) is 8.50. The number of hydrogen-bond acceptors (Lipinski definition) is 4. The Hall–Kier alpha value is -2.17. The van der Waals surface area contributed by atoms with Crippen LogP contribution < -0.4 is 19.8 Å². The fourth-order valence-corrected chi connectivity index (χ4v) is 4.10. The van der Waals surface area contributed by atoms with Gasteiger partial charge >= 0.3 is 0 Å². The summed E-state index contributed by atoms with van der Waals surface area (Å²) in [6, 6.07) is 5.99. The molecule has 33 heavy (non-hydrogen) atoms. The van der Waals surface area contributed by atoms with Crippen molar-refractivity contribution in [2.24, 2.45) is 0 Å². The quantitative estimate of drug-likeness (QED) is 0.216. The Labute approximate surface area is 200 Å². The minimum absolute atomic E-state index is 0.120. The molecule has 1 aromatic carbocycles. The molecule has 0 fully saturated rings. The number of rotatable bonds is 18. The van der Waals surface area contributed by atoms with Gasteiger partial charge in [-0.25, -0.2) is 0 Å². The molecule has 5 heteroatoms. The lowest BCUT2D eigenvalue weighted by atomic mass is 10.1. The van der Waals surface area contributed by atoms with Crippen LogP contribution in [0.2, 0.25) is 0 Å². The number of ether oxygens (including phenoxy) is 3. The van der Waals surface area contributed by atoms with Crippen LogP contribution in [-0.4, -0.2) is 24.9 Å². The predicted octanol–water partition coefficient (Wildman–Crippen LogP) is 7.51. The van der Waals surface area contributed by atoms with E-state index in [1.54, 1.807) is 7.11 Å². The van der Waals surface area contributed by atoms with E-state index in [0.29, 0.717) is 31.3 Å². The summed E-state index contributed by atoms with van der Waals surface area (Å²) in [7, 11) is 1.55. The van der Waals surface area contributed by atoms with Gasteiger partial charge in [0, 0.05) is 18.0 Å². The highest BCUT2D eigenvalue weighted by molar-refractivity contribution is 5.89. The maximum atomic E-state index is 13.4. The Kier molecular flexibility index (Phi) is 12.8. The Morgan fingerprint density at radius 1 is 0.727 bits per heavy atom. The number of fused-ring (bicyclic) bond motifs is 1. The van der Waals surface area contributed by atoms with Crippen LogP contribution in [0.25, 0.3) is 10.9 Å². The number of benzene rings is 1. The number of aromatic nitrogens is 1. The van der Waals surface area contributed by atoms with Gasteiger partial charge in [0.2, 0.25) is 5.75 Å². The summed E-state index contributed by atoms with van der Waals surface area (Å²) in [6.07, 6.45) is 13.7. The van der Waals surface area contributed by atoms with E-state index in [1.165, 1.54) is 44.9 Å². The minimum Gasteiger partial charge on any atom is -0.494 e. The molecule has 0 bridgehead atoms. The third-order valence-corrected chi connectivity index (χ3v) is 6.10. The van der Waals surface area contributed by atoms with Crippen LogP contribution in [-0.2, 0) is 6.54 Å². The van der Waals surface area contributed by atoms with Crippen LogP contribution >= 0.6 is 0 Å². The van der Waals surface area contributed by atoms with Gasteiger partial charge in [-0.3, -0.25) is 4.79 Å². The van der Waals surface area contributed by atoms with Crippen LogP contribution in [0.3, 0.4) is 0 Å². The second-order valence-electron chi connectivity index (χ2n) is 8.88. The molecule has 0 saturated heterocycles. The second-order valence-corrected chi connectivity index (χ2v) is 8.88. The molecule has 2 rings (SSSR count). The van der Waals surface area contributed by atoms with E-state index < -0.39 is 0 Å². The fraction of sp³-hybridized carbons (Fsp3) is 0.679. The molecular weight excluding hydrogens is 414 g/mol. The maximum absolute atomic E-state index is 13.4. The number of methoxy groups -OCH3 is 1. The molecule has 0 spiro atoms. The van der Waals surface area contributed by atoms with E-state index in [2.05, 4.69) is 20.8 Å². The zero-order valence-electron chi connectivity index (χ0n) is 21.4. The Balaban J connectivity index is 2.32. The number of nitrogens with zero attached hydrogens (tertiary/aromatic N) is 1. The van der Waals surface area contributed by atoms with Crippen LogP contribution in [0.1, 0.15) is 97.8 Å². The van der Waals surface area contributed by atoms with Crippen molar-refractivity contribution in [1.82, 2.24) is 4.57 Å². The molecule has 0 aliphatic rings. The van der Waals surface area contributed by atoms with E-state index in [4.69, 9.17) is 14.2 Å². The smallest absolute Gasteiger partial charge is 0.297 e. The Morgan fingerprint density at radius 3 is 2.06 bits per heavy atom. The summed E-state index contributed by atoms with van der Waals surface area (Å²) < 4.78 is 19.5. The number of pyridine rings is 1. The molecule has 1 aromatic heterocycles. The van der Waals surface area contributed by atoms with Gasteiger partial charge < -0.3 is 18.8 Å². The summed E-state index contributed by atoms with van der Waals surface area (Å²) in [5.41, 5.74) is 0.747. The number of aryl methyl sites for hydroxylation is 1. The van der Waals surface area contributed by atoms with Crippen molar-refractivity contribution >= 4 is 10.9 Å². The average molecular weight is 460 g/mol. The highest BCUT2D eigenvalue weighted by Gasteiger charge is 2.19. The number of unbranched alkanes of at least 4 members (excludes halogenated alkanes) is 9. The molecule has 1 heterocycles. The summed E-state index contributed by atoms with van der Waals surface area (Å²) in [5, 5.41) is 0.909. The summed E-state index contributed by atoms with van der Waals surface area (Å²) in [5.74, 6) is 1.66. The first-order chi connectivity index (χ1) is 16.2. The minimum atomic E-state index is -0.120. The molecular formula is C28H45NO4. The van der Waals surface area contributed by atoms with Crippen molar-refractivity contribution in [2.45, 2.75) is 104 Å². The van der Waals surface area contributed by atoms with E-state index in [-0.39, 0.29) is 5.56 Å². The van der Waals surface area contributed by atoms with Crippen LogP contribution in [0.4, 0.5) is 0 Å². The monoisotopic (exact) mass is 459 g/mol. The Bertz CT molecular complexity index is 874. The SMILES string of the molecule is CCCCCCCCn1c(=O)c(OC)c(OCCCC)c2ccc(OCCCCCC)cc21. The van der Waals surface area contributed by atoms with E-state index in [0.717, 1.165) is 48.8 Å². The van der Waals surface area contributed by atoms with Gasteiger partial charge in [-0.05, 0) is 31.4 Å². The third-order valence-electron chi connectivity index (χ3n) is 6.10. The first-order valence-corrected chi connectivity index (χ1v) is 13.2. The lowest BCUT2D eigenvalue weighted by Gasteiger charge is -2.18. The standard InChI is InChI=1S/C28H45NO4/c1-5-8-11-13-14-15-19-29-25-22-23(32-21-16-12-9-6-2)17-18-24(25)26(33-20-10-7-3)27(31-4)28(29)30/h17-18,22H,5-16,19-21H2,1-4H3. The molecule has 186 valence electrons. The maximum Gasteiger partial charge on any atom is 0.297 e. The molecule has 5 nitrogen and oxygen atoms in total. The molecule has 0 aliphatic carbocycles. The number of hydrogen-bond donors (Lipinski definition) is 0. The molecule has 0 N–H and O–H groups in total. The lowest BCUT2D eigenvalue weighted by Crippen LogP contribution is -2.23. The van der Waals surface area contributed by atoms with Crippen molar-refractivity contribution in [3.05, 3.63) is 28.6 Å². The summed E-state index contributed by atoms with van der Waals surface area (Å²) >= 11 is 0. The molecule has 0 radical (unpaired) electrons. The highest BCUT2D eigenvalue weighted by Crippen LogP contribution is 2.35. The molecule has 0 amide bonds. The first-order valence-electron chi connectivity index (χ1n) is 13.2. The topological polar surface area (TPSA) is 49.7 Å². The van der Waals surface area contributed by atoms with Gasteiger partial charge in [0.15, 0.2) is 5.75 Å². The predicted molar refractivity (Wildman–Crippen MR) is 138 cm³/mol. The fourth-order valence-electron chi connectivity index (χ4n) is 4.10. The van der Waals surface area contributed by atoms with Gasteiger partial charge in [-0.2, -0.15) is 0 Å². The molecule has 0 saturated carbocycles. The lowest BCUT2D eigenvalue weighted by molar-refractivity contribution is 0.288. The molecule has 0 unspecified atom stereocenters. The van der Waals surface area contributed by atoms with Crippen molar-refractivity contribution < 1.29 is 14.2 Å². The summed E-state index contributed by atoms with van der Waals surface area (Å²) in [4.78, 5) is 13.4. The van der Waals surface area contributed by atoms with Crippen molar-refractivity contribution in [2.75, 3.05) is 20.3 Å². The normalized spacial score (nSPS) is 11.2. The third kappa shape index (κ3) is 8.28. The van der Waals surface area contributed by atoms with Crippen LogP contribution in [0.5, 0.6) is 17.2 Å².